The fraction of sp³-hybridized carbons (Fsp3) is 0.421. The van der Waals surface area contributed by atoms with Crippen molar-refractivity contribution in [3.8, 4) is 0 Å². The maximum absolute atomic E-state index is 12.5. The molecule has 1 aromatic carbocycles. The first-order valence-electron chi connectivity index (χ1n) is 8.41. The molecular weight excluding hydrogens is 300 g/mol. The number of carbonyl (C=O) groups excluding carboxylic acids is 1. The Morgan fingerprint density at radius 2 is 1.83 bits per heavy atom. The molecule has 0 fully saturated rings. The molecule has 128 valence electrons. The highest BCUT2D eigenvalue weighted by atomic mass is 16.1. The monoisotopic (exact) mass is 326 g/mol. The van der Waals surface area contributed by atoms with Crippen LogP contribution in [0.3, 0.4) is 0 Å². The number of rotatable bonds is 7. The summed E-state index contributed by atoms with van der Waals surface area (Å²) in [6.45, 7) is 8.96. The van der Waals surface area contributed by atoms with Crippen LogP contribution in [0.25, 0.3) is 0 Å². The molecule has 0 bridgehead atoms. The molecular formula is C19H26N4O. The van der Waals surface area contributed by atoms with Crippen molar-refractivity contribution in [3.05, 3.63) is 53.3 Å². The number of carbonyl (C=O) groups is 1. The Balaban J connectivity index is 2.04. The van der Waals surface area contributed by atoms with Crippen molar-refractivity contribution in [2.75, 3.05) is 11.9 Å². The average molecular weight is 326 g/mol. The van der Waals surface area contributed by atoms with Crippen molar-refractivity contribution in [3.63, 3.8) is 0 Å². The Morgan fingerprint density at radius 1 is 1.12 bits per heavy atom. The first-order chi connectivity index (χ1) is 11.5. The second-order valence-corrected chi connectivity index (χ2v) is 6.43. The van der Waals surface area contributed by atoms with E-state index in [9.17, 15) is 4.79 Å². The molecule has 0 aliphatic heterocycles. The van der Waals surface area contributed by atoms with Crippen LogP contribution >= 0.6 is 0 Å². The summed E-state index contributed by atoms with van der Waals surface area (Å²) < 4.78 is 0. The van der Waals surface area contributed by atoms with E-state index in [1.54, 1.807) is 6.07 Å². The molecule has 0 aliphatic carbocycles. The van der Waals surface area contributed by atoms with E-state index in [0.717, 1.165) is 24.2 Å². The number of hydrogen-bond acceptors (Lipinski definition) is 4. The van der Waals surface area contributed by atoms with Gasteiger partial charge >= 0.3 is 0 Å². The molecule has 5 heteroatoms. The quantitative estimate of drug-likeness (QED) is 0.813. The zero-order valence-corrected chi connectivity index (χ0v) is 14.8. The van der Waals surface area contributed by atoms with Gasteiger partial charge in [-0.05, 0) is 37.8 Å². The lowest BCUT2D eigenvalue weighted by Gasteiger charge is -2.15. The van der Waals surface area contributed by atoms with Gasteiger partial charge in [0.1, 0.15) is 5.69 Å². The maximum Gasteiger partial charge on any atom is 0.270 e. The van der Waals surface area contributed by atoms with Crippen molar-refractivity contribution in [2.24, 2.45) is 5.92 Å². The number of aryl methyl sites for hydroxylation is 1. The summed E-state index contributed by atoms with van der Waals surface area (Å²) in [4.78, 5) is 21.2. The molecule has 1 amide bonds. The number of nitrogens with one attached hydrogen (secondary N) is 2. The van der Waals surface area contributed by atoms with E-state index in [4.69, 9.17) is 0 Å². The van der Waals surface area contributed by atoms with Gasteiger partial charge in [0, 0.05) is 12.2 Å². The van der Waals surface area contributed by atoms with Crippen LogP contribution in [-0.4, -0.2) is 22.4 Å². The summed E-state index contributed by atoms with van der Waals surface area (Å²) in [5.74, 6) is 0.925. The van der Waals surface area contributed by atoms with Crippen LogP contribution in [0.4, 0.5) is 5.95 Å². The Hall–Kier alpha value is -2.43. The Kier molecular flexibility index (Phi) is 6.29. The van der Waals surface area contributed by atoms with Gasteiger partial charge in [-0.15, -0.1) is 0 Å². The van der Waals surface area contributed by atoms with Crippen LogP contribution in [-0.2, 0) is 0 Å². The van der Waals surface area contributed by atoms with Gasteiger partial charge in [-0.2, -0.15) is 0 Å². The highest BCUT2D eigenvalue weighted by Gasteiger charge is 2.14. The molecule has 0 radical (unpaired) electrons. The lowest BCUT2D eigenvalue weighted by Crippen LogP contribution is -2.28. The third kappa shape index (κ3) is 5.33. The average Bonchev–Trinajstić information content (AvgIpc) is 2.54. The molecule has 2 rings (SSSR count). The zero-order chi connectivity index (χ0) is 17.5. The van der Waals surface area contributed by atoms with Crippen LogP contribution in [0, 0.1) is 12.8 Å². The molecule has 2 N–H and O–H groups in total. The van der Waals surface area contributed by atoms with Crippen LogP contribution in [0.2, 0.25) is 0 Å². The van der Waals surface area contributed by atoms with E-state index in [0.29, 0.717) is 17.6 Å². The van der Waals surface area contributed by atoms with Crippen molar-refractivity contribution in [1.82, 2.24) is 15.3 Å². The van der Waals surface area contributed by atoms with E-state index < -0.39 is 0 Å². The van der Waals surface area contributed by atoms with Crippen LogP contribution < -0.4 is 10.6 Å². The van der Waals surface area contributed by atoms with Crippen molar-refractivity contribution in [2.45, 2.75) is 40.2 Å². The molecule has 0 saturated heterocycles. The normalized spacial score (nSPS) is 12.0. The van der Waals surface area contributed by atoms with Gasteiger partial charge in [0.2, 0.25) is 5.95 Å². The van der Waals surface area contributed by atoms with Gasteiger partial charge in [-0.1, -0.05) is 44.2 Å². The third-order valence-electron chi connectivity index (χ3n) is 3.74. The van der Waals surface area contributed by atoms with Crippen LogP contribution in [0.15, 0.2) is 36.4 Å². The van der Waals surface area contributed by atoms with Gasteiger partial charge in [0.15, 0.2) is 0 Å². The highest BCUT2D eigenvalue weighted by Crippen LogP contribution is 2.13. The summed E-state index contributed by atoms with van der Waals surface area (Å²) in [6.07, 6.45) is 1.03. The fourth-order valence-electron chi connectivity index (χ4n) is 2.33. The predicted molar refractivity (Wildman–Crippen MR) is 97.0 cm³/mol. The fourth-order valence-corrected chi connectivity index (χ4v) is 2.33. The minimum atomic E-state index is -0.191. The lowest BCUT2D eigenvalue weighted by atomic mass is 10.1. The number of hydrogen-bond donors (Lipinski definition) is 2. The molecule has 2 aromatic rings. The molecule has 24 heavy (non-hydrogen) atoms. The van der Waals surface area contributed by atoms with Crippen molar-refractivity contribution < 1.29 is 4.79 Å². The number of nitrogens with zero attached hydrogens (tertiary/aromatic N) is 2. The molecule has 1 unspecified atom stereocenters. The number of amides is 1. The summed E-state index contributed by atoms with van der Waals surface area (Å²) in [6, 6.07) is 11.5. The molecule has 1 atom stereocenters. The zero-order valence-electron chi connectivity index (χ0n) is 14.8. The topological polar surface area (TPSA) is 66.9 Å². The molecule has 1 heterocycles. The molecule has 0 saturated carbocycles. The van der Waals surface area contributed by atoms with E-state index in [-0.39, 0.29) is 11.9 Å². The maximum atomic E-state index is 12.5. The van der Waals surface area contributed by atoms with Gasteiger partial charge in [0.25, 0.3) is 5.91 Å². The first-order valence-corrected chi connectivity index (χ1v) is 8.41. The number of aromatic nitrogens is 2. The first kappa shape index (κ1) is 17.9. The molecule has 0 aliphatic rings. The van der Waals surface area contributed by atoms with Gasteiger partial charge < -0.3 is 10.6 Å². The van der Waals surface area contributed by atoms with Crippen LogP contribution in [0.1, 0.15) is 55.0 Å². The summed E-state index contributed by atoms with van der Waals surface area (Å²) in [5, 5.41) is 6.18. The third-order valence-corrected chi connectivity index (χ3v) is 3.74. The Morgan fingerprint density at radius 3 is 2.50 bits per heavy atom. The van der Waals surface area contributed by atoms with Gasteiger partial charge in [0.05, 0.1) is 6.04 Å². The minimum absolute atomic E-state index is 0.0775. The van der Waals surface area contributed by atoms with Crippen LogP contribution in [0.5, 0.6) is 0 Å². The Labute approximate surface area is 143 Å². The van der Waals surface area contributed by atoms with Crippen molar-refractivity contribution in [1.29, 1.82) is 0 Å². The SMILES string of the molecule is Cc1cc(C(=O)NC(C)c2ccccc2)nc(NCCC(C)C)n1. The predicted octanol–water partition coefficient (Wildman–Crippen LogP) is 3.73. The molecule has 0 spiro atoms. The molecule has 1 aromatic heterocycles. The van der Waals surface area contributed by atoms with Gasteiger partial charge in [-0.25, -0.2) is 9.97 Å². The van der Waals surface area contributed by atoms with Gasteiger partial charge in [-0.3, -0.25) is 4.79 Å². The smallest absolute Gasteiger partial charge is 0.270 e. The lowest BCUT2D eigenvalue weighted by molar-refractivity contribution is 0.0934. The highest BCUT2D eigenvalue weighted by molar-refractivity contribution is 5.92. The second-order valence-electron chi connectivity index (χ2n) is 6.43. The molecule has 5 nitrogen and oxygen atoms in total. The van der Waals surface area contributed by atoms with Crippen molar-refractivity contribution >= 4 is 11.9 Å². The van der Waals surface area contributed by atoms with E-state index >= 15 is 0 Å². The second kappa shape index (κ2) is 8.43. The van der Waals surface area contributed by atoms with E-state index in [2.05, 4.69) is 34.4 Å². The number of anilines is 1. The summed E-state index contributed by atoms with van der Waals surface area (Å²) >= 11 is 0. The summed E-state index contributed by atoms with van der Waals surface area (Å²) in [5.41, 5.74) is 2.22. The standard InChI is InChI=1S/C19H26N4O/c1-13(2)10-11-20-19-21-14(3)12-17(23-19)18(24)22-15(4)16-8-6-5-7-9-16/h5-9,12-13,15H,10-11H2,1-4H3,(H,22,24)(H,20,21,23). The largest absolute Gasteiger partial charge is 0.354 e. The van der Waals surface area contributed by atoms with E-state index in [1.807, 2.05) is 44.2 Å². The minimum Gasteiger partial charge on any atom is -0.354 e. The van der Waals surface area contributed by atoms with E-state index in [1.165, 1.54) is 0 Å². The Bertz CT molecular complexity index is 670. The summed E-state index contributed by atoms with van der Waals surface area (Å²) in [7, 11) is 0. The number of benzene rings is 1.